The highest BCUT2D eigenvalue weighted by Gasteiger charge is 2.18. The normalized spacial score (nSPS) is 10.9. The highest BCUT2D eigenvalue weighted by atomic mass is 32.1. The van der Waals surface area contributed by atoms with Crippen molar-refractivity contribution in [3.05, 3.63) is 58.5 Å². The van der Waals surface area contributed by atoms with E-state index in [4.69, 9.17) is 9.15 Å². The van der Waals surface area contributed by atoms with Crippen molar-refractivity contribution >= 4 is 40.2 Å². The number of hydrazone groups is 1. The Hall–Kier alpha value is -3.46. The average Bonchev–Trinajstić information content (AvgIpc) is 3.28. The van der Waals surface area contributed by atoms with E-state index >= 15 is 0 Å². The van der Waals surface area contributed by atoms with Crippen LogP contribution in [-0.2, 0) is 4.79 Å². The maximum atomic E-state index is 12.2. The molecule has 150 valence electrons. The molecule has 0 bridgehead atoms. The Kier molecular flexibility index (Phi) is 6.08. The van der Waals surface area contributed by atoms with Crippen LogP contribution in [0.5, 0.6) is 5.75 Å². The van der Waals surface area contributed by atoms with Crippen LogP contribution in [0.4, 0.5) is 10.8 Å². The number of aryl methyl sites for hydroxylation is 2. The maximum Gasteiger partial charge on any atom is 0.274 e. The fraction of sp³-hybridized carbons (Fsp3) is 0.200. The first-order valence-corrected chi connectivity index (χ1v) is 9.57. The Morgan fingerprint density at radius 3 is 2.59 bits per heavy atom. The molecule has 9 heteroatoms. The molecule has 0 aliphatic carbocycles. The lowest BCUT2D eigenvalue weighted by molar-refractivity contribution is -0.115. The number of benzene rings is 1. The van der Waals surface area contributed by atoms with Gasteiger partial charge in [-0.3, -0.25) is 14.5 Å². The number of nitrogens with one attached hydrogen (secondary N) is 1. The van der Waals surface area contributed by atoms with Gasteiger partial charge in [0.15, 0.2) is 5.13 Å². The number of carbonyl (C=O) groups excluding carboxylic acids is 2. The standard InChI is InChI=1S/C20H20N4O4S/c1-12-9-18(13(2)28-12)19(26)23-21-10-15-11-29-20(22-15)24(14(3)25)16-5-7-17(27-4)8-6-16/h5-11H,1-4H3,(H,23,26)/b21-10-. The molecule has 3 aromatic rings. The highest BCUT2D eigenvalue weighted by Crippen LogP contribution is 2.29. The number of anilines is 2. The molecule has 1 N–H and O–H groups in total. The molecule has 2 amide bonds. The number of aromatic nitrogens is 1. The number of furan rings is 1. The van der Waals surface area contributed by atoms with Crippen molar-refractivity contribution in [2.45, 2.75) is 20.8 Å². The molecule has 0 aliphatic rings. The number of hydrogen-bond donors (Lipinski definition) is 1. The van der Waals surface area contributed by atoms with Crippen molar-refractivity contribution in [3.63, 3.8) is 0 Å². The van der Waals surface area contributed by atoms with Gasteiger partial charge in [0.2, 0.25) is 5.91 Å². The summed E-state index contributed by atoms with van der Waals surface area (Å²) in [6, 6.07) is 8.77. The fourth-order valence-electron chi connectivity index (χ4n) is 2.67. The summed E-state index contributed by atoms with van der Waals surface area (Å²) in [5.41, 5.74) is 4.07. The Morgan fingerprint density at radius 1 is 1.28 bits per heavy atom. The minimum Gasteiger partial charge on any atom is -0.497 e. The number of amides is 2. The zero-order chi connectivity index (χ0) is 21.0. The molecule has 1 aromatic carbocycles. The van der Waals surface area contributed by atoms with Crippen molar-refractivity contribution in [1.82, 2.24) is 10.4 Å². The lowest BCUT2D eigenvalue weighted by Gasteiger charge is -2.18. The molecular weight excluding hydrogens is 392 g/mol. The first-order chi connectivity index (χ1) is 13.9. The number of methoxy groups -OCH3 is 1. The number of nitrogens with zero attached hydrogens (tertiary/aromatic N) is 3. The van der Waals surface area contributed by atoms with Gasteiger partial charge in [-0.2, -0.15) is 5.10 Å². The molecular formula is C20H20N4O4S. The summed E-state index contributed by atoms with van der Waals surface area (Å²) < 4.78 is 10.5. The summed E-state index contributed by atoms with van der Waals surface area (Å²) in [5.74, 6) is 1.34. The van der Waals surface area contributed by atoms with Crippen LogP contribution in [0, 0.1) is 13.8 Å². The van der Waals surface area contributed by atoms with E-state index in [-0.39, 0.29) is 11.8 Å². The molecule has 8 nitrogen and oxygen atoms in total. The van der Waals surface area contributed by atoms with Crippen molar-refractivity contribution in [3.8, 4) is 5.75 Å². The zero-order valence-corrected chi connectivity index (χ0v) is 17.2. The second-order valence-corrected chi connectivity index (χ2v) is 6.97. The van der Waals surface area contributed by atoms with Gasteiger partial charge in [-0.1, -0.05) is 0 Å². The number of thiazole rings is 1. The molecule has 3 rings (SSSR count). The molecule has 29 heavy (non-hydrogen) atoms. The van der Waals surface area contributed by atoms with Crippen LogP contribution < -0.4 is 15.1 Å². The van der Waals surface area contributed by atoms with Gasteiger partial charge < -0.3 is 9.15 Å². The number of hydrogen-bond acceptors (Lipinski definition) is 7. The SMILES string of the molecule is COc1ccc(N(C(C)=O)c2nc(/C=N\NC(=O)c3cc(C)oc3C)cs2)cc1. The number of ether oxygens (including phenoxy) is 1. The Morgan fingerprint density at radius 2 is 2.00 bits per heavy atom. The summed E-state index contributed by atoms with van der Waals surface area (Å²) in [4.78, 5) is 30.2. The molecule has 2 heterocycles. The van der Waals surface area contributed by atoms with Gasteiger partial charge in [0.25, 0.3) is 5.91 Å². The first-order valence-electron chi connectivity index (χ1n) is 8.69. The predicted octanol–water partition coefficient (Wildman–Crippen LogP) is 3.81. The second-order valence-electron chi connectivity index (χ2n) is 6.13. The van der Waals surface area contributed by atoms with Crippen LogP contribution in [0.2, 0.25) is 0 Å². The van der Waals surface area contributed by atoms with Crippen molar-refractivity contribution < 1.29 is 18.7 Å². The molecule has 0 radical (unpaired) electrons. The smallest absolute Gasteiger partial charge is 0.274 e. The predicted molar refractivity (Wildman–Crippen MR) is 111 cm³/mol. The fourth-order valence-corrected chi connectivity index (χ4v) is 3.51. The first kappa shape index (κ1) is 20.3. The van der Waals surface area contributed by atoms with Crippen LogP contribution in [0.25, 0.3) is 0 Å². The molecule has 0 atom stereocenters. The minimum atomic E-state index is -0.366. The summed E-state index contributed by atoms with van der Waals surface area (Å²) in [6.07, 6.45) is 1.42. The monoisotopic (exact) mass is 412 g/mol. The largest absolute Gasteiger partial charge is 0.497 e. The molecule has 0 saturated heterocycles. The van der Waals surface area contributed by atoms with Gasteiger partial charge in [0.05, 0.1) is 30.3 Å². The maximum absolute atomic E-state index is 12.2. The summed E-state index contributed by atoms with van der Waals surface area (Å²) >= 11 is 1.30. The quantitative estimate of drug-likeness (QED) is 0.490. The lowest BCUT2D eigenvalue weighted by atomic mass is 10.2. The van der Waals surface area contributed by atoms with Crippen LogP contribution >= 0.6 is 11.3 Å². The number of carbonyl (C=O) groups is 2. The summed E-state index contributed by atoms with van der Waals surface area (Å²) in [7, 11) is 1.58. The number of rotatable bonds is 6. The van der Waals surface area contributed by atoms with Crippen molar-refractivity contribution in [2.24, 2.45) is 5.10 Å². The molecule has 0 fully saturated rings. The molecule has 0 saturated carbocycles. The van der Waals surface area contributed by atoms with E-state index in [1.807, 2.05) is 0 Å². The third-order valence-corrected chi connectivity index (χ3v) is 4.84. The van der Waals surface area contributed by atoms with Gasteiger partial charge in [0, 0.05) is 12.3 Å². The van der Waals surface area contributed by atoms with E-state index in [1.165, 1.54) is 29.4 Å². The van der Waals surface area contributed by atoms with Crippen LogP contribution in [0.1, 0.15) is 34.5 Å². The van der Waals surface area contributed by atoms with Gasteiger partial charge in [-0.15, -0.1) is 11.3 Å². The van der Waals surface area contributed by atoms with Crippen LogP contribution in [-0.4, -0.2) is 30.1 Å². The van der Waals surface area contributed by atoms with E-state index in [2.05, 4.69) is 15.5 Å². The van der Waals surface area contributed by atoms with Crippen molar-refractivity contribution in [2.75, 3.05) is 12.0 Å². The van der Waals surface area contributed by atoms with Gasteiger partial charge >= 0.3 is 0 Å². The molecule has 0 unspecified atom stereocenters. The average molecular weight is 412 g/mol. The van der Waals surface area contributed by atoms with E-state index in [1.54, 1.807) is 56.7 Å². The topological polar surface area (TPSA) is 97.0 Å². The van der Waals surface area contributed by atoms with E-state index in [0.29, 0.717) is 39.3 Å². The van der Waals surface area contributed by atoms with E-state index in [0.717, 1.165) is 0 Å². The lowest BCUT2D eigenvalue weighted by Crippen LogP contribution is -2.22. The Bertz CT molecular complexity index is 1050. The zero-order valence-electron chi connectivity index (χ0n) is 16.4. The third-order valence-electron chi connectivity index (χ3n) is 4.00. The summed E-state index contributed by atoms with van der Waals surface area (Å²) in [6.45, 7) is 4.95. The van der Waals surface area contributed by atoms with Crippen LogP contribution in [0.3, 0.4) is 0 Å². The van der Waals surface area contributed by atoms with Gasteiger partial charge in [-0.25, -0.2) is 10.4 Å². The second kappa shape index (κ2) is 8.70. The highest BCUT2D eigenvalue weighted by molar-refractivity contribution is 7.14. The van der Waals surface area contributed by atoms with Gasteiger partial charge in [0.1, 0.15) is 17.3 Å². The summed E-state index contributed by atoms with van der Waals surface area (Å²) in [5, 5.41) is 6.18. The molecule has 0 spiro atoms. The van der Waals surface area contributed by atoms with Crippen LogP contribution in [0.15, 0.2) is 45.2 Å². The molecule has 0 aliphatic heterocycles. The Labute approximate surface area is 171 Å². The van der Waals surface area contributed by atoms with Gasteiger partial charge in [-0.05, 0) is 44.2 Å². The molecule has 2 aromatic heterocycles. The third kappa shape index (κ3) is 4.69. The van der Waals surface area contributed by atoms with E-state index in [9.17, 15) is 9.59 Å². The van der Waals surface area contributed by atoms with E-state index < -0.39 is 0 Å². The minimum absolute atomic E-state index is 0.174. The van der Waals surface area contributed by atoms with Crippen molar-refractivity contribution in [1.29, 1.82) is 0 Å². The Balaban J connectivity index is 1.72.